The molecule has 0 spiro atoms. The van der Waals surface area contributed by atoms with E-state index < -0.39 is 31.1 Å². The number of nitro groups is 1. The van der Waals surface area contributed by atoms with E-state index in [2.05, 4.69) is 4.72 Å². The summed E-state index contributed by atoms with van der Waals surface area (Å²) in [5, 5.41) is 11.0. The average molecular weight is 316 g/mol. The van der Waals surface area contributed by atoms with Crippen molar-refractivity contribution in [2.24, 2.45) is 0 Å². The zero-order valence-electron chi connectivity index (χ0n) is 12.5. The number of benzene rings is 1. The van der Waals surface area contributed by atoms with Crippen molar-refractivity contribution in [2.45, 2.75) is 24.3 Å². The number of nitro benzene ring substituents is 1. The highest BCUT2D eigenvalue weighted by molar-refractivity contribution is 7.89. The predicted molar refractivity (Wildman–Crippen MR) is 80.5 cm³/mol. The zero-order valence-corrected chi connectivity index (χ0v) is 13.3. The molecule has 0 aliphatic heterocycles. The lowest BCUT2D eigenvalue weighted by Gasteiger charge is -2.32. The van der Waals surface area contributed by atoms with Gasteiger partial charge in [-0.15, -0.1) is 0 Å². The predicted octanol–water partition coefficient (Wildman–Crippen LogP) is 0.796. The molecule has 0 heterocycles. The van der Waals surface area contributed by atoms with Gasteiger partial charge in [0.25, 0.3) is 5.69 Å². The fourth-order valence-corrected chi connectivity index (χ4v) is 2.81. The van der Waals surface area contributed by atoms with Gasteiger partial charge in [-0.25, -0.2) is 13.1 Å². The summed E-state index contributed by atoms with van der Waals surface area (Å²) >= 11 is 0. The molecule has 3 N–H and O–H groups in total. The molecule has 1 aromatic rings. The van der Waals surface area contributed by atoms with Crippen molar-refractivity contribution in [3.05, 3.63) is 28.3 Å². The van der Waals surface area contributed by atoms with E-state index in [1.54, 1.807) is 0 Å². The minimum atomic E-state index is -4.02. The summed E-state index contributed by atoms with van der Waals surface area (Å²) in [6.45, 7) is 3.81. The molecule has 21 heavy (non-hydrogen) atoms. The summed E-state index contributed by atoms with van der Waals surface area (Å²) in [5.74, 6) is 0. The Hall–Kier alpha value is -1.71. The Morgan fingerprint density at radius 3 is 2.43 bits per heavy atom. The number of hydrogen-bond acceptors (Lipinski definition) is 6. The van der Waals surface area contributed by atoms with Gasteiger partial charge >= 0.3 is 0 Å². The fourth-order valence-electron chi connectivity index (χ4n) is 1.40. The quantitative estimate of drug-likeness (QED) is 0.455. The second kappa shape index (κ2) is 5.96. The van der Waals surface area contributed by atoms with Crippen molar-refractivity contribution in [1.82, 2.24) is 9.62 Å². The van der Waals surface area contributed by atoms with Crippen molar-refractivity contribution in [1.29, 1.82) is 0 Å². The molecule has 0 saturated carbocycles. The van der Waals surface area contributed by atoms with Gasteiger partial charge < -0.3 is 10.6 Å². The third-order valence-electron chi connectivity index (χ3n) is 3.38. The molecule has 0 aliphatic rings. The number of anilines is 1. The van der Waals surface area contributed by atoms with Crippen LogP contribution in [0.25, 0.3) is 0 Å². The molecule has 0 aromatic heterocycles. The lowest BCUT2D eigenvalue weighted by atomic mass is 10.1. The lowest BCUT2D eigenvalue weighted by molar-refractivity contribution is -0.387. The number of hydrogen-bond donors (Lipinski definition) is 2. The molecule has 118 valence electrons. The van der Waals surface area contributed by atoms with Crippen molar-refractivity contribution < 1.29 is 13.3 Å². The number of nitrogens with two attached hydrogens (primary N) is 1. The van der Waals surface area contributed by atoms with Gasteiger partial charge in [0.15, 0.2) is 4.90 Å². The Labute approximate surface area is 124 Å². The Bertz CT molecular complexity index is 641. The summed E-state index contributed by atoms with van der Waals surface area (Å²) in [5.41, 5.74) is 4.73. The summed E-state index contributed by atoms with van der Waals surface area (Å²) in [4.78, 5) is 11.6. The summed E-state index contributed by atoms with van der Waals surface area (Å²) in [6.07, 6.45) is 0. The minimum Gasteiger partial charge on any atom is -0.399 e. The molecule has 8 nitrogen and oxygen atoms in total. The molecular formula is C12H20N4O4S. The number of nitrogens with zero attached hydrogens (tertiary/aromatic N) is 2. The van der Waals surface area contributed by atoms with E-state index in [1.165, 1.54) is 6.07 Å². The van der Waals surface area contributed by atoms with Crippen LogP contribution in [0, 0.1) is 10.1 Å². The number of likely N-dealkylation sites (N-methyl/N-ethyl adjacent to an activating group) is 1. The van der Waals surface area contributed by atoms with Crippen LogP contribution in [0.15, 0.2) is 23.1 Å². The van der Waals surface area contributed by atoms with Gasteiger partial charge in [-0.2, -0.15) is 0 Å². The third kappa shape index (κ3) is 4.13. The maximum atomic E-state index is 12.3. The van der Waals surface area contributed by atoms with Crippen molar-refractivity contribution in [2.75, 3.05) is 26.4 Å². The molecular weight excluding hydrogens is 296 g/mol. The van der Waals surface area contributed by atoms with E-state index in [-0.39, 0.29) is 12.2 Å². The number of rotatable bonds is 6. The van der Waals surface area contributed by atoms with Gasteiger partial charge in [-0.3, -0.25) is 10.1 Å². The van der Waals surface area contributed by atoms with Crippen molar-refractivity contribution in [3.8, 4) is 0 Å². The monoisotopic (exact) mass is 316 g/mol. The molecule has 0 amide bonds. The van der Waals surface area contributed by atoms with Crippen LogP contribution in [-0.4, -0.2) is 44.4 Å². The Morgan fingerprint density at radius 2 is 1.95 bits per heavy atom. The lowest BCUT2D eigenvalue weighted by Crippen LogP contribution is -2.48. The molecule has 0 fully saturated rings. The van der Waals surface area contributed by atoms with Crippen molar-refractivity contribution in [3.63, 3.8) is 0 Å². The summed E-state index contributed by atoms with van der Waals surface area (Å²) in [6, 6.07) is 3.46. The second-order valence-corrected chi connectivity index (χ2v) is 7.25. The first-order valence-electron chi connectivity index (χ1n) is 6.18. The van der Waals surface area contributed by atoms with E-state index in [9.17, 15) is 18.5 Å². The number of sulfonamides is 1. The van der Waals surface area contributed by atoms with Crippen molar-refractivity contribution >= 4 is 21.4 Å². The van der Waals surface area contributed by atoms with Crippen LogP contribution in [-0.2, 0) is 10.0 Å². The first-order valence-corrected chi connectivity index (χ1v) is 7.67. The summed E-state index contributed by atoms with van der Waals surface area (Å²) < 4.78 is 27.0. The molecule has 0 saturated heterocycles. The van der Waals surface area contributed by atoms with Crippen LogP contribution in [0.4, 0.5) is 11.4 Å². The fraction of sp³-hybridized carbons (Fsp3) is 0.500. The van der Waals surface area contributed by atoms with Gasteiger partial charge in [0.1, 0.15) is 0 Å². The highest BCUT2D eigenvalue weighted by atomic mass is 32.2. The molecule has 1 aromatic carbocycles. The SMILES string of the molecule is CN(C)C(C)(C)CNS(=O)(=O)c1cc(N)ccc1[N+](=O)[O-]. The van der Waals surface area contributed by atoms with Gasteiger partial charge in [-0.05, 0) is 40.1 Å². The summed E-state index contributed by atoms with van der Waals surface area (Å²) in [7, 11) is -0.390. The maximum Gasteiger partial charge on any atom is 0.289 e. The van der Waals surface area contributed by atoms with E-state index in [0.717, 1.165) is 12.1 Å². The van der Waals surface area contributed by atoms with Crippen LogP contribution in [0.1, 0.15) is 13.8 Å². The van der Waals surface area contributed by atoms with Gasteiger partial charge in [0, 0.05) is 23.8 Å². The molecule has 0 unspecified atom stereocenters. The van der Waals surface area contributed by atoms with Gasteiger partial charge in [0.05, 0.1) is 4.92 Å². The van der Waals surface area contributed by atoms with E-state index >= 15 is 0 Å². The van der Waals surface area contributed by atoms with Crippen LogP contribution in [0.5, 0.6) is 0 Å². The second-order valence-electron chi connectivity index (χ2n) is 5.52. The van der Waals surface area contributed by atoms with E-state index in [1.807, 2.05) is 32.8 Å². The van der Waals surface area contributed by atoms with Crippen LogP contribution < -0.4 is 10.5 Å². The highest BCUT2D eigenvalue weighted by Crippen LogP contribution is 2.26. The number of nitrogen functional groups attached to an aromatic ring is 1. The zero-order chi connectivity index (χ0) is 16.4. The largest absolute Gasteiger partial charge is 0.399 e. The highest BCUT2D eigenvalue weighted by Gasteiger charge is 2.29. The van der Waals surface area contributed by atoms with Crippen LogP contribution in [0.2, 0.25) is 0 Å². The molecule has 9 heteroatoms. The van der Waals surface area contributed by atoms with E-state index in [4.69, 9.17) is 5.73 Å². The first-order chi connectivity index (χ1) is 9.47. The number of nitrogens with one attached hydrogen (secondary N) is 1. The Balaban J connectivity index is 3.15. The first kappa shape index (κ1) is 17.3. The van der Waals surface area contributed by atoms with Gasteiger partial charge in [-0.1, -0.05) is 0 Å². The molecule has 0 atom stereocenters. The van der Waals surface area contributed by atoms with Crippen LogP contribution >= 0.6 is 0 Å². The Morgan fingerprint density at radius 1 is 1.38 bits per heavy atom. The minimum absolute atomic E-state index is 0.105. The topological polar surface area (TPSA) is 119 Å². The van der Waals surface area contributed by atoms with Crippen LogP contribution in [0.3, 0.4) is 0 Å². The smallest absolute Gasteiger partial charge is 0.289 e. The van der Waals surface area contributed by atoms with E-state index in [0.29, 0.717) is 0 Å². The normalized spacial score (nSPS) is 12.6. The standard InChI is InChI=1S/C12H20N4O4S/c1-12(2,15(3)4)8-14-21(19,20)11-7-9(13)5-6-10(11)16(17)18/h5-7,14H,8,13H2,1-4H3. The Kier molecular flexibility index (Phi) is 4.92. The third-order valence-corrected chi connectivity index (χ3v) is 4.81. The van der Waals surface area contributed by atoms with Gasteiger partial charge in [0.2, 0.25) is 10.0 Å². The molecule has 0 bridgehead atoms. The average Bonchev–Trinajstić information content (AvgIpc) is 2.36. The molecule has 0 aliphatic carbocycles. The molecule has 0 radical (unpaired) electrons. The maximum absolute atomic E-state index is 12.3. The molecule has 1 rings (SSSR count).